The molecule has 1 aromatic carbocycles. The summed E-state index contributed by atoms with van der Waals surface area (Å²) < 4.78 is 37.1. The number of methoxy groups -OCH3 is 2. The van der Waals surface area contributed by atoms with Crippen molar-refractivity contribution >= 4 is 16.0 Å². The molecule has 1 unspecified atom stereocenters. The molecule has 8 heteroatoms. The van der Waals surface area contributed by atoms with Gasteiger partial charge in [0, 0.05) is 18.7 Å². The minimum absolute atomic E-state index is 0.0242. The standard InChI is InChI=1S/C14H20N2O5S/c1-20-13-7-10(5-6-11(13)14(17)21-2)22(18,19)16-12(8-15)9-3-4-9/h5-7,9,12,16H,3-4,8,15H2,1-2H3. The molecule has 0 amide bonds. The smallest absolute Gasteiger partial charge is 0.341 e. The second-order valence-electron chi connectivity index (χ2n) is 5.15. The van der Waals surface area contributed by atoms with Crippen LogP contribution in [0.15, 0.2) is 23.1 Å². The minimum atomic E-state index is -3.72. The third kappa shape index (κ3) is 3.57. The molecule has 0 bridgehead atoms. The van der Waals surface area contributed by atoms with Crippen molar-refractivity contribution in [2.24, 2.45) is 11.7 Å². The molecule has 0 saturated heterocycles. The number of nitrogens with one attached hydrogen (secondary N) is 1. The van der Waals surface area contributed by atoms with Gasteiger partial charge in [-0.3, -0.25) is 0 Å². The maximum absolute atomic E-state index is 12.4. The van der Waals surface area contributed by atoms with Crippen LogP contribution in [0.4, 0.5) is 0 Å². The van der Waals surface area contributed by atoms with E-state index in [0.29, 0.717) is 5.92 Å². The van der Waals surface area contributed by atoms with Gasteiger partial charge < -0.3 is 15.2 Å². The van der Waals surface area contributed by atoms with Gasteiger partial charge in [0.2, 0.25) is 10.0 Å². The van der Waals surface area contributed by atoms with Crippen LogP contribution in [0.2, 0.25) is 0 Å². The Kier molecular flexibility index (Phi) is 5.05. The molecular weight excluding hydrogens is 308 g/mol. The van der Waals surface area contributed by atoms with Crippen LogP contribution in [0, 0.1) is 5.92 Å². The molecule has 1 aliphatic rings. The Balaban J connectivity index is 2.29. The average Bonchev–Trinajstić information content (AvgIpc) is 3.36. The molecule has 1 atom stereocenters. The van der Waals surface area contributed by atoms with E-state index in [-0.39, 0.29) is 28.8 Å². The van der Waals surface area contributed by atoms with Crippen LogP contribution in [-0.2, 0) is 14.8 Å². The minimum Gasteiger partial charge on any atom is -0.496 e. The van der Waals surface area contributed by atoms with E-state index in [1.807, 2.05) is 0 Å². The highest BCUT2D eigenvalue weighted by atomic mass is 32.2. The summed E-state index contributed by atoms with van der Waals surface area (Å²) in [5, 5.41) is 0. The van der Waals surface area contributed by atoms with E-state index in [2.05, 4.69) is 9.46 Å². The van der Waals surface area contributed by atoms with Crippen molar-refractivity contribution in [3.63, 3.8) is 0 Å². The van der Waals surface area contributed by atoms with Crippen LogP contribution in [-0.4, -0.2) is 41.2 Å². The lowest BCUT2D eigenvalue weighted by Gasteiger charge is -2.17. The van der Waals surface area contributed by atoms with E-state index in [1.54, 1.807) is 0 Å². The Hall–Kier alpha value is -1.64. The lowest BCUT2D eigenvalue weighted by Crippen LogP contribution is -2.41. The number of carbonyl (C=O) groups is 1. The zero-order chi connectivity index (χ0) is 16.3. The van der Waals surface area contributed by atoms with E-state index in [9.17, 15) is 13.2 Å². The molecule has 1 saturated carbocycles. The summed E-state index contributed by atoms with van der Waals surface area (Å²) in [5.41, 5.74) is 5.79. The maximum atomic E-state index is 12.4. The summed E-state index contributed by atoms with van der Waals surface area (Å²) in [6.45, 7) is 0.251. The number of hydrogen-bond acceptors (Lipinski definition) is 6. The third-order valence-corrected chi connectivity index (χ3v) is 5.13. The Bertz CT molecular complexity index is 655. The van der Waals surface area contributed by atoms with Crippen molar-refractivity contribution in [2.75, 3.05) is 20.8 Å². The van der Waals surface area contributed by atoms with Gasteiger partial charge in [-0.25, -0.2) is 17.9 Å². The summed E-state index contributed by atoms with van der Waals surface area (Å²) in [5.74, 6) is -0.145. The summed E-state index contributed by atoms with van der Waals surface area (Å²) in [7, 11) is -1.12. The number of hydrogen-bond donors (Lipinski definition) is 2. The number of nitrogens with two attached hydrogens (primary N) is 1. The molecular formula is C14H20N2O5S. The Morgan fingerprint density at radius 3 is 2.59 bits per heavy atom. The molecule has 0 spiro atoms. The normalized spacial score (nSPS) is 16.1. The molecule has 1 aliphatic carbocycles. The molecule has 7 nitrogen and oxygen atoms in total. The highest BCUT2D eigenvalue weighted by Gasteiger charge is 2.33. The summed E-state index contributed by atoms with van der Waals surface area (Å²) in [6.07, 6.45) is 1.96. The van der Waals surface area contributed by atoms with Gasteiger partial charge in [-0.15, -0.1) is 0 Å². The predicted octanol–water partition coefficient (Wildman–Crippen LogP) is 0.497. The quantitative estimate of drug-likeness (QED) is 0.706. The Morgan fingerprint density at radius 1 is 1.41 bits per heavy atom. The van der Waals surface area contributed by atoms with Crippen molar-refractivity contribution in [3.05, 3.63) is 23.8 Å². The first kappa shape index (κ1) is 16.7. The van der Waals surface area contributed by atoms with Gasteiger partial charge in [-0.1, -0.05) is 0 Å². The fraction of sp³-hybridized carbons (Fsp3) is 0.500. The average molecular weight is 328 g/mol. The Labute approximate surface area is 129 Å². The van der Waals surface area contributed by atoms with Crippen molar-refractivity contribution in [1.82, 2.24) is 4.72 Å². The van der Waals surface area contributed by atoms with Gasteiger partial charge in [-0.2, -0.15) is 0 Å². The molecule has 0 aliphatic heterocycles. The van der Waals surface area contributed by atoms with Crippen LogP contribution in [0.3, 0.4) is 0 Å². The van der Waals surface area contributed by atoms with Gasteiger partial charge in [0.25, 0.3) is 0 Å². The number of ether oxygens (including phenoxy) is 2. The molecule has 1 aromatic rings. The Morgan fingerprint density at radius 2 is 2.09 bits per heavy atom. The van der Waals surface area contributed by atoms with E-state index in [0.717, 1.165) is 12.8 Å². The van der Waals surface area contributed by atoms with E-state index in [4.69, 9.17) is 10.5 Å². The molecule has 22 heavy (non-hydrogen) atoms. The van der Waals surface area contributed by atoms with Gasteiger partial charge >= 0.3 is 5.97 Å². The van der Waals surface area contributed by atoms with Gasteiger partial charge in [-0.05, 0) is 30.9 Å². The fourth-order valence-corrected chi connectivity index (χ4v) is 3.55. The monoisotopic (exact) mass is 328 g/mol. The number of benzene rings is 1. The zero-order valence-corrected chi connectivity index (χ0v) is 13.4. The van der Waals surface area contributed by atoms with Gasteiger partial charge in [0.05, 0.1) is 19.1 Å². The van der Waals surface area contributed by atoms with Crippen LogP contribution >= 0.6 is 0 Å². The molecule has 122 valence electrons. The third-order valence-electron chi connectivity index (χ3n) is 3.64. The highest BCUT2D eigenvalue weighted by molar-refractivity contribution is 7.89. The zero-order valence-electron chi connectivity index (χ0n) is 12.5. The van der Waals surface area contributed by atoms with Gasteiger partial charge in [0.1, 0.15) is 11.3 Å². The van der Waals surface area contributed by atoms with Crippen molar-refractivity contribution < 1.29 is 22.7 Å². The summed E-state index contributed by atoms with van der Waals surface area (Å²) in [4.78, 5) is 11.6. The highest BCUT2D eigenvalue weighted by Crippen LogP contribution is 2.33. The first-order valence-corrected chi connectivity index (χ1v) is 8.40. The number of esters is 1. The van der Waals surface area contributed by atoms with Crippen LogP contribution in [0.5, 0.6) is 5.75 Å². The lowest BCUT2D eigenvalue weighted by atomic mass is 10.2. The molecule has 3 N–H and O–H groups in total. The SMILES string of the molecule is COC(=O)c1ccc(S(=O)(=O)NC(CN)C2CC2)cc1OC. The molecule has 0 heterocycles. The first-order valence-electron chi connectivity index (χ1n) is 6.91. The van der Waals surface area contributed by atoms with E-state index >= 15 is 0 Å². The summed E-state index contributed by atoms with van der Waals surface area (Å²) in [6, 6.07) is 3.75. The molecule has 1 fully saturated rings. The second-order valence-corrected chi connectivity index (χ2v) is 6.87. The predicted molar refractivity (Wildman–Crippen MR) is 80.2 cm³/mol. The van der Waals surface area contributed by atoms with Crippen LogP contribution in [0.25, 0.3) is 0 Å². The topological polar surface area (TPSA) is 108 Å². The van der Waals surface area contributed by atoms with Crippen LogP contribution in [0.1, 0.15) is 23.2 Å². The maximum Gasteiger partial charge on any atom is 0.341 e. The molecule has 2 rings (SSSR count). The lowest BCUT2D eigenvalue weighted by molar-refractivity contribution is 0.0597. The fourth-order valence-electron chi connectivity index (χ4n) is 2.22. The first-order chi connectivity index (χ1) is 10.4. The number of rotatable bonds is 7. The van der Waals surface area contributed by atoms with Crippen molar-refractivity contribution in [1.29, 1.82) is 0 Å². The van der Waals surface area contributed by atoms with Crippen molar-refractivity contribution in [3.8, 4) is 5.75 Å². The van der Waals surface area contributed by atoms with E-state index < -0.39 is 16.0 Å². The van der Waals surface area contributed by atoms with Crippen molar-refractivity contribution in [2.45, 2.75) is 23.8 Å². The van der Waals surface area contributed by atoms with Gasteiger partial charge in [0.15, 0.2) is 0 Å². The van der Waals surface area contributed by atoms with E-state index in [1.165, 1.54) is 32.4 Å². The van der Waals surface area contributed by atoms with Crippen LogP contribution < -0.4 is 15.2 Å². The number of sulfonamides is 1. The number of carbonyl (C=O) groups excluding carboxylic acids is 1. The second kappa shape index (κ2) is 6.64. The molecule has 0 radical (unpaired) electrons. The molecule has 0 aromatic heterocycles. The largest absolute Gasteiger partial charge is 0.496 e. The summed E-state index contributed by atoms with van der Waals surface area (Å²) >= 11 is 0.